The van der Waals surface area contributed by atoms with Crippen molar-refractivity contribution in [1.82, 2.24) is 5.32 Å². The van der Waals surface area contributed by atoms with Gasteiger partial charge in [-0.1, -0.05) is 24.3 Å². The van der Waals surface area contributed by atoms with Gasteiger partial charge in [-0.2, -0.15) is 0 Å². The molecule has 2 aromatic rings. The van der Waals surface area contributed by atoms with Gasteiger partial charge in [0.15, 0.2) is 5.17 Å². The molecule has 0 saturated carbocycles. The Labute approximate surface area is 146 Å². The van der Waals surface area contributed by atoms with Crippen LogP contribution in [0.4, 0.5) is 5.69 Å². The average Bonchev–Trinajstić information content (AvgIpc) is 2.85. The topological polar surface area (TPSA) is 61.7 Å². The highest BCUT2D eigenvalue weighted by Crippen LogP contribution is 2.31. The van der Waals surface area contributed by atoms with Crippen LogP contribution in [-0.4, -0.2) is 16.2 Å². The maximum absolute atomic E-state index is 12.1. The molecule has 0 bridgehead atoms. The Hall–Kier alpha value is -2.05. The van der Waals surface area contributed by atoms with Crippen LogP contribution in [0.2, 0.25) is 0 Å². The van der Waals surface area contributed by atoms with E-state index in [1.165, 1.54) is 11.8 Å². The first-order valence-corrected chi connectivity index (χ1v) is 8.47. The first-order valence-electron chi connectivity index (χ1n) is 6.86. The largest absolute Gasteiger partial charge is 0.507 e. The van der Waals surface area contributed by atoms with Crippen molar-refractivity contribution in [3.05, 3.63) is 63.0 Å². The summed E-state index contributed by atoms with van der Waals surface area (Å²) < 4.78 is 0.587. The van der Waals surface area contributed by atoms with Gasteiger partial charge in [-0.05, 0) is 70.0 Å². The van der Waals surface area contributed by atoms with Crippen LogP contribution in [0.3, 0.4) is 0 Å². The molecule has 1 saturated heterocycles. The summed E-state index contributed by atoms with van der Waals surface area (Å²) in [5.41, 5.74) is 2.71. The zero-order chi connectivity index (χ0) is 16.4. The summed E-state index contributed by atoms with van der Waals surface area (Å²) in [4.78, 5) is 17.1. The van der Waals surface area contributed by atoms with Gasteiger partial charge in [-0.3, -0.25) is 4.79 Å². The van der Waals surface area contributed by atoms with E-state index >= 15 is 0 Å². The van der Waals surface area contributed by atoms with Crippen molar-refractivity contribution < 1.29 is 9.90 Å². The number of carbonyl (C=O) groups excluding carboxylic acids is 1. The number of rotatable bonds is 2. The molecule has 0 atom stereocenters. The Bertz CT molecular complexity index is 846. The lowest BCUT2D eigenvalue weighted by atomic mass is 10.2. The quantitative estimate of drug-likeness (QED) is 0.751. The molecule has 6 heteroatoms. The number of hydrogen-bond donors (Lipinski definition) is 2. The summed E-state index contributed by atoms with van der Waals surface area (Å²) >= 11 is 4.56. The number of benzene rings is 2. The number of aliphatic imine (C=N–C) groups is 1. The number of hydrogen-bond acceptors (Lipinski definition) is 4. The molecule has 0 aromatic heterocycles. The smallest absolute Gasteiger partial charge is 0.264 e. The van der Waals surface area contributed by atoms with E-state index in [0.29, 0.717) is 14.5 Å². The highest BCUT2D eigenvalue weighted by molar-refractivity contribution is 9.10. The number of phenolic OH excluding ortho intramolecular Hbond substituents is 1. The molecule has 4 nitrogen and oxygen atoms in total. The Kier molecular flexibility index (Phi) is 4.54. The van der Waals surface area contributed by atoms with Crippen LogP contribution in [0.25, 0.3) is 6.08 Å². The minimum absolute atomic E-state index is 0.164. The Morgan fingerprint density at radius 2 is 2.04 bits per heavy atom. The fourth-order valence-electron chi connectivity index (χ4n) is 2.04. The van der Waals surface area contributed by atoms with Gasteiger partial charge in [0.25, 0.3) is 5.91 Å². The normalized spacial score (nSPS) is 17.7. The number of thioether (sulfide) groups is 1. The molecule has 1 heterocycles. The first kappa shape index (κ1) is 15.8. The number of carbonyl (C=O) groups is 1. The number of amides is 1. The fraction of sp³-hybridized carbons (Fsp3) is 0.0588. The zero-order valence-corrected chi connectivity index (χ0v) is 14.6. The molecular weight excluding hydrogens is 376 g/mol. The highest BCUT2D eigenvalue weighted by atomic mass is 79.9. The lowest BCUT2D eigenvalue weighted by Crippen LogP contribution is -2.19. The molecule has 0 radical (unpaired) electrons. The van der Waals surface area contributed by atoms with Crippen LogP contribution in [0.5, 0.6) is 5.75 Å². The monoisotopic (exact) mass is 388 g/mol. The van der Waals surface area contributed by atoms with Crippen molar-refractivity contribution >= 4 is 50.5 Å². The Morgan fingerprint density at radius 3 is 2.78 bits per heavy atom. The first-order chi connectivity index (χ1) is 11.0. The van der Waals surface area contributed by atoms with E-state index in [1.54, 1.807) is 24.3 Å². The van der Waals surface area contributed by atoms with Gasteiger partial charge in [0.2, 0.25) is 0 Å². The van der Waals surface area contributed by atoms with E-state index in [1.807, 2.05) is 31.2 Å². The maximum Gasteiger partial charge on any atom is 0.264 e. The molecule has 1 fully saturated rings. The zero-order valence-electron chi connectivity index (χ0n) is 12.2. The molecule has 2 N–H and O–H groups in total. The lowest BCUT2D eigenvalue weighted by molar-refractivity contribution is -0.115. The van der Waals surface area contributed by atoms with E-state index in [2.05, 4.69) is 26.2 Å². The van der Waals surface area contributed by atoms with Crippen LogP contribution >= 0.6 is 27.7 Å². The van der Waals surface area contributed by atoms with Crippen molar-refractivity contribution in [2.45, 2.75) is 6.92 Å². The number of para-hydroxylation sites is 1. The van der Waals surface area contributed by atoms with Gasteiger partial charge in [-0.25, -0.2) is 4.99 Å². The molecule has 2 aromatic carbocycles. The third-order valence-corrected chi connectivity index (χ3v) is 4.80. The molecule has 1 amide bonds. The van der Waals surface area contributed by atoms with Crippen LogP contribution < -0.4 is 5.32 Å². The fourth-order valence-corrected chi connectivity index (χ4v) is 3.27. The van der Waals surface area contributed by atoms with Gasteiger partial charge in [0.05, 0.1) is 15.1 Å². The number of aromatic hydroxyl groups is 1. The van der Waals surface area contributed by atoms with Crippen molar-refractivity contribution in [1.29, 1.82) is 0 Å². The molecule has 1 aliphatic heterocycles. The number of nitrogens with zero attached hydrogens (tertiary/aromatic N) is 1. The van der Waals surface area contributed by atoms with Gasteiger partial charge in [0.1, 0.15) is 5.75 Å². The second kappa shape index (κ2) is 6.60. The Balaban J connectivity index is 1.86. The maximum atomic E-state index is 12.1. The lowest BCUT2D eigenvalue weighted by Gasteiger charge is -2.00. The molecule has 0 aliphatic carbocycles. The van der Waals surface area contributed by atoms with E-state index in [0.717, 1.165) is 16.8 Å². The molecule has 116 valence electrons. The molecular formula is C17H13BrN2O2S. The van der Waals surface area contributed by atoms with E-state index in [4.69, 9.17) is 0 Å². The summed E-state index contributed by atoms with van der Waals surface area (Å²) in [5.74, 6) is -0.0102. The van der Waals surface area contributed by atoms with Gasteiger partial charge < -0.3 is 10.4 Å². The molecule has 1 aliphatic rings. The molecule has 3 rings (SSSR count). The predicted octanol–water partition coefficient (Wildman–Crippen LogP) is 4.35. The average molecular weight is 389 g/mol. The van der Waals surface area contributed by atoms with Crippen molar-refractivity contribution in [3.8, 4) is 5.75 Å². The standard InChI is InChI=1S/C17H13BrN2O2S/c1-10-4-2-3-5-13(10)19-17-20-16(22)15(23-17)9-11-6-7-14(21)12(18)8-11/h2-9,21H,1H3,(H,19,20,22). The van der Waals surface area contributed by atoms with Crippen LogP contribution in [0.15, 0.2) is 56.8 Å². The van der Waals surface area contributed by atoms with E-state index in [-0.39, 0.29) is 11.7 Å². The number of amidine groups is 1. The van der Waals surface area contributed by atoms with E-state index < -0.39 is 0 Å². The summed E-state index contributed by atoms with van der Waals surface area (Å²) in [6, 6.07) is 12.8. The predicted molar refractivity (Wildman–Crippen MR) is 97.8 cm³/mol. The minimum atomic E-state index is -0.175. The summed E-state index contributed by atoms with van der Waals surface area (Å²) in [5, 5.41) is 12.9. The second-order valence-corrected chi connectivity index (χ2v) is 6.86. The second-order valence-electron chi connectivity index (χ2n) is 4.98. The van der Waals surface area contributed by atoms with E-state index in [9.17, 15) is 9.90 Å². The summed E-state index contributed by atoms with van der Waals surface area (Å²) in [6.45, 7) is 1.98. The SMILES string of the molecule is Cc1ccccc1N=C1NC(=O)C(=Cc2ccc(O)c(Br)c2)S1. The van der Waals surface area contributed by atoms with Crippen LogP contribution in [0.1, 0.15) is 11.1 Å². The number of nitrogens with one attached hydrogen (secondary N) is 1. The van der Waals surface area contributed by atoms with Crippen molar-refractivity contribution in [2.75, 3.05) is 0 Å². The highest BCUT2D eigenvalue weighted by Gasteiger charge is 2.24. The molecule has 23 heavy (non-hydrogen) atoms. The van der Waals surface area contributed by atoms with Crippen molar-refractivity contribution in [3.63, 3.8) is 0 Å². The third-order valence-electron chi connectivity index (χ3n) is 3.26. The summed E-state index contributed by atoms with van der Waals surface area (Å²) in [7, 11) is 0. The Morgan fingerprint density at radius 1 is 1.26 bits per heavy atom. The van der Waals surface area contributed by atoms with Gasteiger partial charge in [0, 0.05) is 0 Å². The van der Waals surface area contributed by atoms with Crippen LogP contribution in [0, 0.1) is 6.92 Å². The third kappa shape index (κ3) is 3.65. The molecule has 0 unspecified atom stereocenters. The van der Waals surface area contributed by atoms with Gasteiger partial charge >= 0.3 is 0 Å². The minimum Gasteiger partial charge on any atom is -0.507 e. The number of phenols is 1. The summed E-state index contributed by atoms with van der Waals surface area (Å²) in [6.07, 6.45) is 1.77. The number of halogens is 1. The van der Waals surface area contributed by atoms with Crippen LogP contribution in [-0.2, 0) is 4.79 Å². The van der Waals surface area contributed by atoms with Crippen molar-refractivity contribution in [2.24, 2.45) is 4.99 Å². The molecule has 0 spiro atoms. The number of aryl methyl sites for hydroxylation is 1. The van der Waals surface area contributed by atoms with Gasteiger partial charge in [-0.15, -0.1) is 0 Å².